The summed E-state index contributed by atoms with van der Waals surface area (Å²) in [6.45, 7) is 6.01. The van der Waals surface area contributed by atoms with Gasteiger partial charge in [-0.2, -0.15) is 0 Å². The maximum atomic E-state index is 5.68. The number of benzene rings is 1. The van der Waals surface area contributed by atoms with E-state index < -0.39 is 0 Å². The van der Waals surface area contributed by atoms with Crippen LogP contribution in [0.1, 0.15) is 16.8 Å². The monoisotopic (exact) mass is 312 g/mol. The lowest BCUT2D eigenvalue weighted by Gasteiger charge is -2.13. The van der Waals surface area contributed by atoms with Crippen LogP contribution < -0.4 is 15.4 Å². The van der Waals surface area contributed by atoms with E-state index in [9.17, 15) is 0 Å². The molecule has 2 N–H and O–H groups in total. The number of rotatable bonds is 6. The van der Waals surface area contributed by atoms with Gasteiger partial charge in [0.1, 0.15) is 12.4 Å². The summed E-state index contributed by atoms with van der Waals surface area (Å²) < 4.78 is 5.68. The fraction of sp³-hybridized carbons (Fsp3) is 0.333. The number of aliphatic imine (C=N–C) groups is 1. The van der Waals surface area contributed by atoms with Crippen LogP contribution in [0.2, 0.25) is 0 Å². The highest BCUT2D eigenvalue weighted by molar-refractivity contribution is 5.79. The molecule has 1 heterocycles. The molecule has 5 nitrogen and oxygen atoms in total. The third-order valence-corrected chi connectivity index (χ3v) is 3.45. The van der Waals surface area contributed by atoms with Gasteiger partial charge in [-0.25, -0.2) is 0 Å². The maximum absolute atomic E-state index is 5.68. The van der Waals surface area contributed by atoms with Gasteiger partial charge in [-0.1, -0.05) is 23.8 Å². The van der Waals surface area contributed by atoms with Crippen molar-refractivity contribution >= 4 is 5.96 Å². The highest BCUT2D eigenvalue weighted by Crippen LogP contribution is 2.10. The molecule has 5 heteroatoms. The Kier molecular flexibility index (Phi) is 6.41. The number of aryl methyl sites for hydroxylation is 2. The highest BCUT2D eigenvalue weighted by atomic mass is 16.5. The normalized spacial score (nSPS) is 11.2. The molecule has 23 heavy (non-hydrogen) atoms. The summed E-state index contributed by atoms with van der Waals surface area (Å²) in [5.41, 5.74) is 3.41. The van der Waals surface area contributed by atoms with Crippen LogP contribution in [-0.2, 0) is 6.54 Å². The van der Waals surface area contributed by atoms with E-state index in [0.717, 1.165) is 23.0 Å². The van der Waals surface area contributed by atoms with Crippen LogP contribution in [0.4, 0.5) is 0 Å². The molecule has 1 aromatic carbocycles. The molecule has 0 unspecified atom stereocenters. The third kappa shape index (κ3) is 5.62. The molecule has 0 atom stereocenters. The summed E-state index contributed by atoms with van der Waals surface area (Å²) in [5, 5.41) is 6.48. The van der Waals surface area contributed by atoms with Gasteiger partial charge in [-0.15, -0.1) is 0 Å². The topological polar surface area (TPSA) is 58.5 Å². The predicted molar refractivity (Wildman–Crippen MR) is 93.8 cm³/mol. The Morgan fingerprint density at radius 3 is 2.61 bits per heavy atom. The predicted octanol–water partition coefficient (Wildman–Crippen LogP) is 2.44. The van der Waals surface area contributed by atoms with Crippen molar-refractivity contribution in [3.05, 3.63) is 59.4 Å². The zero-order chi connectivity index (χ0) is 16.5. The minimum Gasteiger partial charge on any atom is -0.492 e. The van der Waals surface area contributed by atoms with E-state index in [1.165, 1.54) is 5.56 Å². The van der Waals surface area contributed by atoms with Crippen LogP contribution >= 0.6 is 0 Å². The van der Waals surface area contributed by atoms with Gasteiger partial charge in [0.2, 0.25) is 0 Å². The first-order valence-electron chi connectivity index (χ1n) is 7.73. The van der Waals surface area contributed by atoms with Crippen molar-refractivity contribution < 1.29 is 4.74 Å². The summed E-state index contributed by atoms with van der Waals surface area (Å²) in [5.74, 6) is 1.62. The molecular weight excluding hydrogens is 288 g/mol. The van der Waals surface area contributed by atoms with Crippen molar-refractivity contribution in [2.45, 2.75) is 20.4 Å². The molecular formula is C18H24N4O. The van der Waals surface area contributed by atoms with Gasteiger partial charge in [0.05, 0.1) is 18.8 Å². The Morgan fingerprint density at radius 1 is 1.13 bits per heavy atom. The second-order valence-corrected chi connectivity index (χ2v) is 5.28. The second-order valence-electron chi connectivity index (χ2n) is 5.28. The number of aromatic nitrogens is 1. The van der Waals surface area contributed by atoms with E-state index in [2.05, 4.69) is 40.5 Å². The minimum atomic E-state index is 0.576. The molecule has 0 aliphatic rings. The zero-order valence-electron chi connectivity index (χ0n) is 14.0. The Bertz CT molecular complexity index is 638. The van der Waals surface area contributed by atoms with Crippen LogP contribution in [0.3, 0.4) is 0 Å². The fourth-order valence-electron chi connectivity index (χ4n) is 2.06. The molecule has 122 valence electrons. The fourth-order valence-corrected chi connectivity index (χ4v) is 2.06. The van der Waals surface area contributed by atoms with Gasteiger partial charge in [0, 0.05) is 13.2 Å². The smallest absolute Gasteiger partial charge is 0.191 e. The molecule has 2 rings (SSSR count). The van der Waals surface area contributed by atoms with Crippen LogP contribution in [0.25, 0.3) is 0 Å². The van der Waals surface area contributed by atoms with Gasteiger partial charge in [-0.05, 0) is 37.6 Å². The van der Waals surface area contributed by atoms with Gasteiger partial charge >= 0.3 is 0 Å². The van der Waals surface area contributed by atoms with Crippen LogP contribution in [0.15, 0.2) is 47.6 Å². The van der Waals surface area contributed by atoms with Crippen molar-refractivity contribution in [1.29, 1.82) is 0 Å². The van der Waals surface area contributed by atoms with E-state index in [4.69, 9.17) is 4.74 Å². The average molecular weight is 312 g/mol. The first kappa shape index (κ1) is 16.8. The molecule has 0 fully saturated rings. The SMILES string of the molecule is CN=C(NCCOc1ccc(C)cc1)NCc1ncccc1C. The Labute approximate surface area is 137 Å². The molecule has 0 radical (unpaired) electrons. The van der Waals surface area contributed by atoms with E-state index in [1.54, 1.807) is 13.2 Å². The standard InChI is InChI=1S/C18H24N4O/c1-14-6-8-16(9-7-14)23-12-11-21-18(19-3)22-13-17-15(2)5-4-10-20-17/h4-10H,11-13H2,1-3H3,(H2,19,21,22). The minimum absolute atomic E-state index is 0.576. The molecule has 0 bridgehead atoms. The third-order valence-electron chi connectivity index (χ3n) is 3.45. The van der Waals surface area contributed by atoms with Gasteiger partial charge in [0.25, 0.3) is 0 Å². The highest BCUT2D eigenvalue weighted by Gasteiger charge is 2.01. The van der Waals surface area contributed by atoms with Crippen LogP contribution in [-0.4, -0.2) is 31.1 Å². The van der Waals surface area contributed by atoms with Crippen LogP contribution in [0.5, 0.6) is 5.75 Å². The number of pyridine rings is 1. The number of hydrogen-bond acceptors (Lipinski definition) is 3. The molecule has 0 aliphatic heterocycles. The van der Waals surface area contributed by atoms with E-state index in [1.807, 2.05) is 30.3 Å². The Hall–Kier alpha value is -2.56. The van der Waals surface area contributed by atoms with Gasteiger partial charge in [-0.3, -0.25) is 9.98 Å². The van der Waals surface area contributed by atoms with Crippen molar-refractivity contribution in [3.8, 4) is 5.75 Å². The number of ether oxygens (including phenoxy) is 1. The molecule has 0 saturated carbocycles. The molecule has 0 amide bonds. The average Bonchev–Trinajstić information content (AvgIpc) is 2.57. The van der Waals surface area contributed by atoms with Crippen molar-refractivity contribution in [3.63, 3.8) is 0 Å². The van der Waals surface area contributed by atoms with E-state index in [-0.39, 0.29) is 0 Å². The lowest BCUT2D eigenvalue weighted by molar-refractivity contribution is 0.322. The Morgan fingerprint density at radius 2 is 1.91 bits per heavy atom. The van der Waals surface area contributed by atoms with Gasteiger partial charge < -0.3 is 15.4 Å². The van der Waals surface area contributed by atoms with E-state index in [0.29, 0.717) is 19.7 Å². The molecule has 0 aliphatic carbocycles. The second kappa shape index (κ2) is 8.78. The Balaban J connectivity index is 1.71. The number of guanidine groups is 1. The van der Waals surface area contributed by atoms with Gasteiger partial charge in [0.15, 0.2) is 5.96 Å². The van der Waals surface area contributed by atoms with Crippen molar-refractivity contribution in [2.75, 3.05) is 20.2 Å². The van der Waals surface area contributed by atoms with Crippen LogP contribution in [0, 0.1) is 13.8 Å². The molecule has 1 aromatic heterocycles. The number of hydrogen-bond donors (Lipinski definition) is 2. The summed E-state index contributed by atoms with van der Waals surface area (Å²) in [4.78, 5) is 8.56. The maximum Gasteiger partial charge on any atom is 0.191 e. The lowest BCUT2D eigenvalue weighted by Crippen LogP contribution is -2.39. The largest absolute Gasteiger partial charge is 0.492 e. The van der Waals surface area contributed by atoms with Crippen molar-refractivity contribution in [1.82, 2.24) is 15.6 Å². The molecule has 0 spiro atoms. The molecule has 2 aromatic rings. The molecule has 0 saturated heterocycles. The number of nitrogens with one attached hydrogen (secondary N) is 2. The van der Waals surface area contributed by atoms with Crippen molar-refractivity contribution in [2.24, 2.45) is 4.99 Å². The quantitative estimate of drug-likeness (QED) is 0.489. The van der Waals surface area contributed by atoms with E-state index >= 15 is 0 Å². The first-order valence-corrected chi connectivity index (χ1v) is 7.73. The summed E-state index contributed by atoms with van der Waals surface area (Å²) in [6, 6.07) is 12.0. The summed E-state index contributed by atoms with van der Waals surface area (Å²) >= 11 is 0. The lowest BCUT2D eigenvalue weighted by atomic mass is 10.2. The first-order chi connectivity index (χ1) is 11.2. The summed E-state index contributed by atoms with van der Waals surface area (Å²) in [6.07, 6.45) is 1.80. The number of nitrogens with zero attached hydrogens (tertiary/aromatic N) is 2. The summed E-state index contributed by atoms with van der Waals surface area (Å²) in [7, 11) is 1.75. The zero-order valence-corrected chi connectivity index (χ0v) is 14.0.